The number of nitrogens with zero attached hydrogens (tertiary/aromatic N) is 1. The van der Waals surface area contributed by atoms with E-state index in [1.165, 1.54) is 6.42 Å². The Morgan fingerprint density at radius 2 is 2.26 bits per heavy atom. The summed E-state index contributed by atoms with van der Waals surface area (Å²) in [5.74, 6) is 0.0469. The smallest absolute Gasteiger partial charge is 0.257 e. The number of benzene rings is 1. The molecule has 1 saturated heterocycles. The van der Waals surface area contributed by atoms with Gasteiger partial charge in [0.1, 0.15) is 5.75 Å². The average molecular weight is 326 g/mol. The van der Waals surface area contributed by atoms with Gasteiger partial charge in [0.15, 0.2) is 0 Å². The van der Waals surface area contributed by atoms with Crippen molar-refractivity contribution < 1.29 is 9.90 Å². The van der Waals surface area contributed by atoms with Crippen LogP contribution in [-0.2, 0) is 0 Å². The summed E-state index contributed by atoms with van der Waals surface area (Å²) in [5.41, 5.74) is 1.43. The molecule has 104 valence electrons. The lowest BCUT2D eigenvalue weighted by Gasteiger charge is -2.35. The maximum absolute atomic E-state index is 12.6. The van der Waals surface area contributed by atoms with Gasteiger partial charge < -0.3 is 10.0 Å². The first-order chi connectivity index (χ1) is 9.13. The van der Waals surface area contributed by atoms with E-state index < -0.39 is 0 Å². The number of phenols is 1. The van der Waals surface area contributed by atoms with Gasteiger partial charge >= 0.3 is 0 Å². The van der Waals surface area contributed by atoms with E-state index in [2.05, 4.69) is 15.9 Å². The first-order valence-electron chi connectivity index (χ1n) is 6.80. The molecule has 4 heteroatoms. The van der Waals surface area contributed by atoms with E-state index in [-0.39, 0.29) is 11.7 Å². The molecule has 1 fully saturated rings. The summed E-state index contributed by atoms with van der Waals surface area (Å²) >= 11 is 3.46. The number of carbonyl (C=O) groups is 1. The van der Waals surface area contributed by atoms with Crippen LogP contribution in [0.2, 0.25) is 0 Å². The van der Waals surface area contributed by atoms with Crippen LogP contribution in [0.1, 0.15) is 41.6 Å². The van der Waals surface area contributed by atoms with Crippen LogP contribution in [0.3, 0.4) is 0 Å². The zero-order valence-electron chi connectivity index (χ0n) is 11.2. The molecule has 3 nitrogen and oxygen atoms in total. The normalized spacial score (nSPS) is 19.5. The Balaban J connectivity index is 2.23. The minimum atomic E-state index is -0.0353. The highest BCUT2D eigenvalue weighted by Gasteiger charge is 2.28. The lowest BCUT2D eigenvalue weighted by Crippen LogP contribution is -2.44. The number of rotatable bonds is 3. The van der Waals surface area contributed by atoms with Crippen LogP contribution < -0.4 is 0 Å². The molecule has 2 rings (SSSR count). The molecular formula is C15H20BrNO2. The summed E-state index contributed by atoms with van der Waals surface area (Å²) < 4.78 is 0. The molecular weight excluding hydrogens is 306 g/mol. The number of aryl methyl sites for hydroxylation is 1. The molecule has 0 aromatic heterocycles. The highest BCUT2D eigenvalue weighted by Crippen LogP contribution is 2.26. The van der Waals surface area contributed by atoms with Crippen molar-refractivity contribution >= 4 is 21.8 Å². The van der Waals surface area contributed by atoms with Gasteiger partial charge in [-0.2, -0.15) is 0 Å². The second-order valence-corrected chi connectivity index (χ2v) is 5.94. The van der Waals surface area contributed by atoms with E-state index in [0.29, 0.717) is 11.6 Å². The molecule has 1 amide bonds. The van der Waals surface area contributed by atoms with Crippen LogP contribution in [0, 0.1) is 6.92 Å². The number of halogens is 1. The van der Waals surface area contributed by atoms with E-state index in [1.54, 1.807) is 12.1 Å². The van der Waals surface area contributed by atoms with Crippen LogP contribution in [0.4, 0.5) is 0 Å². The minimum Gasteiger partial charge on any atom is -0.507 e. The summed E-state index contributed by atoms with van der Waals surface area (Å²) in [6.07, 6.45) is 4.26. The fourth-order valence-electron chi connectivity index (χ4n) is 2.67. The van der Waals surface area contributed by atoms with Gasteiger partial charge in [0.2, 0.25) is 0 Å². The number of aromatic hydroxyl groups is 1. The third kappa shape index (κ3) is 3.30. The molecule has 1 heterocycles. The number of likely N-dealkylation sites (tertiary alicyclic amines) is 1. The van der Waals surface area contributed by atoms with Gasteiger partial charge in [-0.3, -0.25) is 4.79 Å². The zero-order chi connectivity index (χ0) is 13.8. The number of hydrogen-bond donors (Lipinski definition) is 1. The monoisotopic (exact) mass is 325 g/mol. The summed E-state index contributed by atoms with van der Waals surface area (Å²) in [6, 6.07) is 5.49. The number of carbonyl (C=O) groups excluding carboxylic acids is 1. The van der Waals surface area contributed by atoms with Gasteiger partial charge in [0.05, 0.1) is 5.56 Å². The molecule has 1 aromatic carbocycles. The Bertz CT molecular complexity index is 459. The van der Waals surface area contributed by atoms with Gasteiger partial charge in [-0.1, -0.05) is 27.6 Å². The second-order valence-electron chi connectivity index (χ2n) is 5.15. The summed E-state index contributed by atoms with van der Waals surface area (Å²) in [6.45, 7) is 2.73. The van der Waals surface area contributed by atoms with Crippen molar-refractivity contribution in [2.45, 2.75) is 38.6 Å². The number of piperidine rings is 1. The topological polar surface area (TPSA) is 40.5 Å². The maximum atomic E-state index is 12.6. The van der Waals surface area contributed by atoms with Crippen molar-refractivity contribution in [3.63, 3.8) is 0 Å². The molecule has 1 aromatic rings. The van der Waals surface area contributed by atoms with Crippen LogP contribution in [-0.4, -0.2) is 33.8 Å². The van der Waals surface area contributed by atoms with Gasteiger partial charge in [-0.25, -0.2) is 0 Å². The van der Waals surface area contributed by atoms with Crippen LogP contribution >= 0.6 is 15.9 Å². The second kappa shape index (κ2) is 6.42. The van der Waals surface area contributed by atoms with E-state index in [4.69, 9.17) is 0 Å². The molecule has 0 bridgehead atoms. The fraction of sp³-hybridized carbons (Fsp3) is 0.533. The SMILES string of the molecule is Cc1ccc(O)c(C(=O)N2CCCCC2CCBr)c1. The third-order valence-corrected chi connectivity index (χ3v) is 4.17. The summed E-state index contributed by atoms with van der Waals surface area (Å²) in [4.78, 5) is 14.5. The first kappa shape index (κ1) is 14.4. The molecule has 1 unspecified atom stereocenters. The maximum Gasteiger partial charge on any atom is 0.257 e. The standard InChI is InChI=1S/C15H20BrNO2/c1-11-5-6-14(18)13(10-11)15(19)17-9-3-2-4-12(17)7-8-16/h5-6,10,12,18H,2-4,7-9H2,1H3. The number of amides is 1. The Morgan fingerprint density at radius 3 is 3.00 bits per heavy atom. The van der Waals surface area contributed by atoms with Crippen molar-refractivity contribution in [3.05, 3.63) is 29.3 Å². The van der Waals surface area contributed by atoms with Gasteiger partial charge in [-0.15, -0.1) is 0 Å². The molecule has 0 aliphatic carbocycles. The average Bonchev–Trinajstić information content (AvgIpc) is 2.42. The van der Waals surface area contributed by atoms with Crippen molar-refractivity contribution in [2.24, 2.45) is 0 Å². The van der Waals surface area contributed by atoms with Crippen LogP contribution in [0.15, 0.2) is 18.2 Å². The van der Waals surface area contributed by atoms with Crippen LogP contribution in [0.25, 0.3) is 0 Å². The zero-order valence-corrected chi connectivity index (χ0v) is 12.8. The van der Waals surface area contributed by atoms with Crippen molar-refractivity contribution in [3.8, 4) is 5.75 Å². The highest BCUT2D eigenvalue weighted by atomic mass is 79.9. The number of alkyl halides is 1. The quantitative estimate of drug-likeness (QED) is 0.864. The lowest BCUT2D eigenvalue weighted by atomic mass is 9.98. The minimum absolute atomic E-state index is 0.0353. The van der Waals surface area contributed by atoms with E-state index in [9.17, 15) is 9.90 Å². The van der Waals surface area contributed by atoms with Gasteiger partial charge in [-0.05, 0) is 44.7 Å². The van der Waals surface area contributed by atoms with E-state index in [0.717, 1.165) is 36.7 Å². The molecule has 1 N–H and O–H groups in total. The van der Waals surface area contributed by atoms with Gasteiger partial charge in [0.25, 0.3) is 5.91 Å². The van der Waals surface area contributed by atoms with E-state index in [1.807, 2.05) is 17.9 Å². The first-order valence-corrected chi connectivity index (χ1v) is 7.92. The predicted octanol–water partition coefficient (Wildman–Crippen LogP) is 3.48. The molecule has 1 atom stereocenters. The fourth-order valence-corrected chi connectivity index (χ4v) is 3.20. The molecule has 19 heavy (non-hydrogen) atoms. The molecule has 1 aliphatic rings. The van der Waals surface area contributed by atoms with Gasteiger partial charge in [0, 0.05) is 17.9 Å². The van der Waals surface area contributed by atoms with Crippen molar-refractivity contribution in [1.82, 2.24) is 4.90 Å². The van der Waals surface area contributed by atoms with Crippen LogP contribution in [0.5, 0.6) is 5.75 Å². The molecule has 0 saturated carbocycles. The molecule has 1 aliphatic heterocycles. The molecule has 0 spiro atoms. The van der Waals surface area contributed by atoms with Crippen molar-refractivity contribution in [2.75, 3.05) is 11.9 Å². The lowest BCUT2D eigenvalue weighted by molar-refractivity contribution is 0.0607. The highest BCUT2D eigenvalue weighted by molar-refractivity contribution is 9.09. The Labute approximate surface area is 122 Å². The number of phenolic OH excluding ortho intramolecular Hbond substituents is 1. The largest absolute Gasteiger partial charge is 0.507 e. The third-order valence-electron chi connectivity index (χ3n) is 3.71. The molecule has 0 radical (unpaired) electrons. The van der Waals surface area contributed by atoms with Crippen molar-refractivity contribution in [1.29, 1.82) is 0 Å². The van der Waals surface area contributed by atoms with E-state index >= 15 is 0 Å². The predicted molar refractivity (Wildman–Crippen MR) is 79.9 cm³/mol. The number of hydrogen-bond acceptors (Lipinski definition) is 2. The summed E-state index contributed by atoms with van der Waals surface area (Å²) in [5, 5.41) is 10.8. The Hall–Kier alpha value is -1.03. The Kier molecular flexibility index (Phi) is 4.86. The summed E-state index contributed by atoms with van der Waals surface area (Å²) in [7, 11) is 0. The Morgan fingerprint density at radius 1 is 1.47 bits per heavy atom.